The average molecular weight is 365 g/mol. The van der Waals surface area contributed by atoms with Crippen LogP contribution in [0.25, 0.3) is 0 Å². The maximum atomic E-state index is 12.1. The zero-order valence-electron chi connectivity index (χ0n) is 13.6. The van der Waals surface area contributed by atoms with Crippen molar-refractivity contribution in [2.75, 3.05) is 0 Å². The zero-order chi connectivity index (χ0) is 18.9. The van der Waals surface area contributed by atoms with Crippen molar-refractivity contribution in [3.8, 4) is 5.75 Å². The van der Waals surface area contributed by atoms with Crippen molar-refractivity contribution in [2.45, 2.75) is 25.7 Å². The number of carbonyl (C=O) groups excluding carboxylic acids is 1. The van der Waals surface area contributed by atoms with E-state index in [0.29, 0.717) is 5.56 Å². The third-order valence-corrected chi connectivity index (χ3v) is 3.39. The minimum absolute atomic E-state index is 0.0126. The van der Waals surface area contributed by atoms with Gasteiger partial charge < -0.3 is 19.9 Å². The summed E-state index contributed by atoms with van der Waals surface area (Å²) < 4.78 is 33.4. The molecule has 1 atom stereocenters. The number of carbonyl (C=O) groups is 2. The van der Waals surface area contributed by atoms with Gasteiger partial charge in [0.1, 0.15) is 18.4 Å². The number of rotatable bonds is 8. The number of carboxylic acid groups (broad SMARTS) is 1. The van der Waals surface area contributed by atoms with Gasteiger partial charge in [-0.3, -0.25) is 0 Å². The lowest BCUT2D eigenvalue weighted by Gasteiger charge is -2.15. The molecule has 0 unspecified atom stereocenters. The van der Waals surface area contributed by atoms with Crippen LogP contribution in [0.1, 0.15) is 11.1 Å². The van der Waals surface area contributed by atoms with E-state index in [1.807, 2.05) is 6.07 Å². The van der Waals surface area contributed by atoms with Crippen LogP contribution in [-0.2, 0) is 22.6 Å². The molecular formula is C18H17F2NO5. The van der Waals surface area contributed by atoms with Crippen molar-refractivity contribution < 1.29 is 33.0 Å². The standard InChI is InChI=1S/C18H17F2NO5/c19-17(20)26-14-8-6-12(7-9-14)10-15(16(22)23)21-18(24)25-11-13-4-2-1-3-5-13/h1-9,15,17H,10-11H2,(H,21,24)(H,22,23)/t15-/m1/s1. The highest BCUT2D eigenvalue weighted by Crippen LogP contribution is 2.16. The number of hydrogen-bond donors (Lipinski definition) is 2. The van der Waals surface area contributed by atoms with Crippen LogP contribution in [0.15, 0.2) is 54.6 Å². The normalized spacial score (nSPS) is 11.7. The third-order valence-electron chi connectivity index (χ3n) is 3.39. The number of alkyl halides is 2. The van der Waals surface area contributed by atoms with Crippen molar-refractivity contribution >= 4 is 12.1 Å². The second-order valence-corrected chi connectivity index (χ2v) is 5.32. The fourth-order valence-corrected chi connectivity index (χ4v) is 2.15. The molecule has 138 valence electrons. The Morgan fingerprint density at radius 3 is 2.23 bits per heavy atom. The number of ether oxygens (including phenoxy) is 2. The van der Waals surface area contributed by atoms with Gasteiger partial charge in [0.05, 0.1) is 0 Å². The van der Waals surface area contributed by atoms with Crippen LogP contribution in [0.3, 0.4) is 0 Å². The molecule has 0 aliphatic carbocycles. The first-order valence-corrected chi connectivity index (χ1v) is 7.68. The van der Waals surface area contributed by atoms with Gasteiger partial charge >= 0.3 is 18.7 Å². The molecule has 0 aromatic heterocycles. The first kappa shape index (κ1) is 19.2. The van der Waals surface area contributed by atoms with Crippen molar-refractivity contribution in [1.82, 2.24) is 5.32 Å². The molecule has 8 heteroatoms. The van der Waals surface area contributed by atoms with Crippen LogP contribution in [0, 0.1) is 0 Å². The number of hydrogen-bond acceptors (Lipinski definition) is 4. The highest BCUT2D eigenvalue weighted by atomic mass is 19.3. The van der Waals surface area contributed by atoms with Crippen LogP contribution in [0.4, 0.5) is 13.6 Å². The maximum Gasteiger partial charge on any atom is 0.408 e. The van der Waals surface area contributed by atoms with Gasteiger partial charge in [-0.05, 0) is 23.3 Å². The summed E-state index contributed by atoms with van der Waals surface area (Å²) in [5.74, 6) is -1.28. The Hall–Kier alpha value is -3.16. The van der Waals surface area contributed by atoms with Crippen LogP contribution in [0.5, 0.6) is 5.75 Å². The molecule has 2 aromatic carbocycles. The predicted molar refractivity (Wildman–Crippen MR) is 88.0 cm³/mol. The van der Waals surface area contributed by atoms with Gasteiger partial charge in [-0.2, -0.15) is 8.78 Å². The van der Waals surface area contributed by atoms with Gasteiger partial charge in [-0.25, -0.2) is 9.59 Å². The summed E-state index contributed by atoms with van der Waals surface area (Å²) in [5, 5.41) is 11.5. The fourth-order valence-electron chi connectivity index (χ4n) is 2.15. The SMILES string of the molecule is O=C(N[C@H](Cc1ccc(OC(F)F)cc1)C(=O)O)OCc1ccccc1. The summed E-state index contributed by atoms with van der Waals surface area (Å²) >= 11 is 0. The molecule has 0 fully saturated rings. The monoisotopic (exact) mass is 365 g/mol. The van der Waals surface area contributed by atoms with Gasteiger partial charge in [-0.1, -0.05) is 42.5 Å². The summed E-state index contributed by atoms with van der Waals surface area (Å²) in [7, 11) is 0. The first-order valence-electron chi connectivity index (χ1n) is 7.68. The lowest BCUT2D eigenvalue weighted by molar-refractivity contribution is -0.139. The number of halogens is 2. The minimum Gasteiger partial charge on any atom is -0.480 e. The Bertz CT molecular complexity index is 722. The Morgan fingerprint density at radius 1 is 1.00 bits per heavy atom. The molecule has 0 spiro atoms. The molecule has 2 aromatic rings. The van der Waals surface area contributed by atoms with E-state index in [1.54, 1.807) is 24.3 Å². The molecule has 2 rings (SSSR count). The molecule has 6 nitrogen and oxygen atoms in total. The molecule has 1 amide bonds. The molecule has 0 bridgehead atoms. The Labute approximate surface area is 148 Å². The minimum atomic E-state index is -2.94. The molecular weight excluding hydrogens is 348 g/mol. The van der Waals surface area contributed by atoms with Crippen LogP contribution in [0.2, 0.25) is 0 Å². The number of amides is 1. The number of nitrogens with one attached hydrogen (secondary N) is 1. The zero-order valence-corrected chi connectivity index (χ0v) is 13.6. The van der Waals surface area contributed by atoms with Gasteiger partial charge in [0.2, 0.25) is 0 Å². The van der Waals surface area contributed by atoms with Crippen molar-refractivity contribution in [3.05, 3.63) is 65.7 Å². The predicted octanol–water partition coefficient (Wildman–Crippen LogP) is 3.21. The second-order valence-electron chi connectivity index (χ2n) is 5.32. The van der Waals surface area contributed by atoms with Crippen LogP contribution < -0.4 is 10.1 Å². The van der Waals surface area contributed by atoms with E-state index in [4.69, 9.17) is 4.74 Å². The topological polar surface area (TPSA) is 84.9 Å². The summed E-state index contributed by atoms with van der Waals surface area (Å²) in [6, 6.07) is 13.2. The molecule has 2 N–H and O–H groups in total. The number of aliphatic carboxylic acids is 1. The molecule has 0 radical (unpaired) electrons. The third kappa shape index (κ3) is 6.39. The summed E-state index contributed by atoms with van der Waals surface area (Å²) in [5.41, 5.74) is 1.30. The quantitative estimate of drug-likeness (QED) is 0.750. The number of carboxylic acids is 1. The largest absolute Gasteiger partial charge is 0.480 e. The van der Waals surface area contributed by atoms with Gasteiger partial charge in [0.25, 0.3) is 0 Å². The first-order chi connectivity index (χ1) is 12.4. The molecule has 26 heavy (non-hydrogen) atoms. The fraction of sp³-hybridized carbons (Fsp3) is 0.222. The lowest BCUT2D eigenvalue weighted by atomic mass is 10.1. The molecule has 0 aliphatic rings. The lowest BCUT2D eigenvalue weighted by Crippen LogP contribution is -2.42. The van der Waals surface area contributed by atoms with E-state index < -0.39 is 24.7 Å². The van der Waals surface area contributed by atoms with Crippen molar-refractivity contribution in [1.29, 1.82) is 0 Å². The van der Waals surface area contributed by atoms with E-state index in [0.717, 1.165) is 5.56 Å². The average Bonchev–Trinajstić information content (AvgIpc) is 2.61. The Kier molecular flexibility index (Phi) is 6.90. The highest BCUT2D eigenvalue weighted by Gasteiger charge is 2.21. The van der Waals surface area contributed by atoms with E-state index in [1.165, 1.54) is 24.3 Å². The highest BCUT2D eigenvalue weighted by molar-refractivity contribution is 5.80. The van der Waals surface area contributed by atoms with Gasteiger partial charge in [0, 0.05) is 6.42 Å². The number of alkyl carbamates (subject to hydrolysis) is 1. The van der Waals surface area contributed by atoms with Gasteiger partial charge in [-0.15, -0.1) is 0 Å². The molecule has 0 aliphatic heterocycles. The van der Waals surface area contributed by atoms with Gasteiger partial charge in [0.15, 0.2) is 0 Å². The Morgan fingerprint density at radius 2 is 1.65 bits per heavy atom. The smallest absolute Gasteiger partial charge is 0.408 e. The van der Waals surface area contributed by atoms with Crippen LogP contribution in [-0.4, -0.2) is 29.8 Å². The second kappa shape index (κ2) is 9.36. The summed E-state index contributed by atoms with van der Waals surface area (Å²) in [6.07, 6.45) is -0.899. The van der Waals surface area contributed by atoms with E-state index >= 15 is 0 Å². The van der Waals surface area contributed by atoms with E-state index in [9.17, 15) is 23.5 Å². The van der Waals surface area contributed by atoms with E-state index in [-0.39, 0.29) is 18.8 Å². The number of benzene rings is 2. The van der Waals surface area contributed by atoms with Crippen molar-refractivity contribution in [2.24, 2.45) is 0 Å². The van der Waals surface area contributed by atoms with Crippen LogP contribution >= 0.6 is 0 Å². The summed E-state index contributed by atoms with van der Waals surface area (Å²) in [6.45, 7) is -2.92. The molecule has 0 heterocycles. The maximum absolute atomic E-state index is 12.1. The molecule has 0 saturated heterocycles. The molecule has 0 saturated carbocycles. The van der Waals surface area contributed by atoms with E-state index in [2.05, 4.69) is 10.1 Å². The Balaban J connectivity index is 1.89. The summed E-state index contributed by atoms with van der Waals surface area (Å²) in [4.78, 5) is 23.1. The van der Waals surface area contributed by atoms with Crippen molar-refractivity contribution in [3.63, 3.8) is 0 Å².